The highest BCUT2D eigenvalue weighted by Crippen LogP contribution is 2.24. The van der Waals surface area contributed by atoms with Crippen molar-refractivity contribution in [2.45, 2.75) is 26.1 Å². The Balaban J connectivity index is 1.35. The highest BCUT2D eigenvalue weighted by atomic mass is 32.2. The van der Waals surface area contributed by atoms with Crippen molar-refractivity contribution in [3.8, 4) is 11.5 Å². The van der Waals surface area contributed by atoms with Gasteiger partial charge >= 0.3 is 0 Å². The molecule has 0 bridgehead atoms. The van der Waals surface area contributed by atoms with Crippen LogP contribution in [0.4, 0.5) is 0 Å². The largest absolute Gasteiger partial charge is 0.444 e. The van der Waals surface area contributed by atoms with Crippen LogP contribution in [-0.2, 0) is 22.3 Å². The summed E-state index contributed by atoms with van der Waals surface area (Å²) < 4.78 is 32.7. The van der Waals surface area contributed by atoms with Gasteiger partial charge in [-0.2, -0.15) is 4.31 Å². The summed E-state index contributed by atoms with van der Waals surface area (Å²) in [4.78, 5) is 6.87. The minimum absolute atomic E-state index is 0.0520. The molecule has 0 unspecified atom stereocenters. The molecule has 1 saturated heterocycles. The van der Waals surface area contributed by atoms with E-state index in [1.54, 1.807) is 10.6 Å². The second kappa shape index (κ2) is 8.71. The first-order valence-electron chi connectivity index (χ1n) is 10.2. The molecule has 4 rings (SSSR count). The van der Waals surface area contributed by atoms with Crippen molar-refractivity contribution < 1.29 is 12.8 Å². The van der Waals surface area contributed by atoms with Crippen LogP contribution in [-0.4, -0.2) is 48.8 Å². The van der Waals surface area contributed by atoms with E-state index in [1.165, 1.54) is 5.56 Å². The third-order valence-corrected chi connectivity index (χ3v) is 7.32. The fraction of sp³-hybridized carbons (Fsp3) is 0.348. The molecule has 2 heterocycles. The predicted molar refractivity (Wildman–Crippen MR) is 117 cm³/mol. The van der Waals surface area contributed by atoms with Gasteiger partial charge in [0, 0.05) is 38.3 Å². The Kier molecular flexibility index (Phi) is 6.04. The lowest BCUT2D eigenvalue weighted by molar-refractivity contribution is 0.180. The zero-order valence-corrected chi connectivity index (χ0v) is 18.2. The van der Waals surface area contributed by atoms with Crippen molar-refractivity contribution in [3.63, 3.8) is 0 Å². The summed E-state index contributed by atoms with van der Waals surface area (Å²) in [6.07, 6.45) is 1.70. The third-order valence-electron chi connectivity index (χ3n) is 5.47. The van der Waals surface area contributed by atoms with Crippen LogP contribution in [0.3, 0.4) is 0 Å². The highest BCUT2D eigenvalue weighted by Gasteiger charge is 2.27. The second-order valence-corrected chi connectivity index (χ2v) is 9.85. The third kappa shape index (κ3) is 4.80. The standard InChI is InChI=1S/C23H27N3O3S/c1-18-8-9-22(19(2)14-18)23-24-21(16-29-23)15-25-10-12-26(13-11-25)30(27,28)17-20-6-4-3-5-7-20/h3-9,14,16H,10-13,15,17H2,1-2H3. The Morgan fingerprint density at radius 1 is 1.00 bits per heavy atom. The Morgan fingerprint density at radius 3 is 2.43 bits per heavy atom. The highest BCUT2D eigenvalue weighted by molar-refractivity contribution is 7.88. The minimum atomic E-state index is -3.30. The van der Waals surface area contributed by atoms with E-state index in [0.717, 1.165) is 22.4 Å². The maximum Gasteiger partial charge on any atom is 0.226 e. The van der Waals surface area contributed by atoms with Crippen molar-refractivity contribution in [1.29, 1.82) is 0 Å². The summed E-state index contributed by atoms with van der Waals surface area (Å²) in [5.74, 6) is 0.683. The van der Waals surface area contributed by atoms with Crippen LogP contribution >= 0.6 is 0 Å². The summed E-state index contributed by atoms with van der Waals surface area (Å²) >= 11 is 0. The molecule has 6 nitrogen and oxygen atoms in total. The number of aromatic nitrogens is 1. The van der Waals surface area contributed by atoms with Crippen molar-refractivity contribution in [2.24, 2.45) is 0 Å². The van der Waals surface area contributed by atoms with E-state index in [-0.39, 0.29) is 5.75 Å². The zero-order valence-electron chi connectivity index (χ0n) is 17.4. The molecule has 3 aromatic rings. The number of hydrogen-bond acceptors (Lipinski definition) is 5. The van der Waals surface area contributed by atoms with Gasteiger partial charge in [-0.15, -0.1) is 0 Å². The van der Waals surface area contributed by atoms with Crippen LogP contribution in [0.15, 0.2) is 59.2 Å². The molecule has 1 aliphatic rings. The fourth-order valence-corrected chi connectivity index (χ4v) is 5.34. The molecule has 7 heteroatoms. The molecule has 0 spiro atoms. The first kappa shape index (κ1) is 20.8. The first-order valence-corrected chi connectivity index (χ1v) is 11.8. The molecule has 30 heavy (non-hydrogen) atoms. The molecule has 158 valence electrons. The lowest BCUT2D eigenvalue weighted by Gasteiger charge is -2.33. The van der Waals surface area contributed by atoms with Crippen LogP contribution in [0.2, 0.25) is 0 Å². The van der Waals surface area contributed by atoms with E-state index in [9.17, 15) is 8.42 Å². The van der Waals surface area contributed by atoms with Gasteiger partial charge in [0.25, 0.3) is 0 Å². The maximum absolute atomic E-state index is 12.7. The Morgan fingerprint density at radius 2 is 1.73 bits per heavy atom. The van der Waals surface area contributed by atoms with Crippen molar-refractivity contribution >= 4 is 10.0 Å². The number of sulfonamides is 1. The molecular weight excluding hydrogens is 398 g/mol. The molecule has 0 saturated carbocycles. The molecule has 1 fully saturated rings. The summed E-state index contributed by atoms with van der Waals surface area (Å²) in [6, 6.07) is 15.5. The monoisotopic (exact) mass is 425 g/mol. The molecule has 0 aliphatic carbocycles. The van der Waals surface area contributed by atoms with Gasteiger partial charge in [-0.1, -0.05) is 48.0 Å². The van der Waals surface area contributed by atoms with E-state index in [2.05, 4.69) is 35.9 Å². The minimum Gasteiger partial charge on any atom is -0.444 e. The van der Waals surface area contributed by atoms with E-state index in [1.807, 2.05) is 36.4 Å². The van der Waals surface area contributed by atoms with Crippen molar-refractivity contribution in [2.75, 3.05) is 26.2 Å². The zero-order chi connectivity index (χ0) is 21.1. The second-order valence-electron chi connectivity index (χ2n) is 7.88. The number of oxazole rings is 1. The average Bonchev–Trinajstić information content (AvgIpc) is 3.17. The molecule has 0 amide bonds. The maximum atomic E-state index is 12.7. The Hall–Kier alpha value is -2.48. The van der Waals surface area contributed by atoms with E-state index in [4.69, 9.17) is 4.42 Å². The lowest BCUT2D eigenvalue weighted by atomic mass is 10.1. The lowest BCUT2D eigenvalue weighted by Crippen LogP contribution is -2.48. The van der Waals surface area contributed by atoms with Crippen molar-refractivity contribution in [3.05, 3.63) is 77.2 Å². The van der Waals surface area contributed by atoms with Gasteiger partial charge in [-0.3, -0.25) is 4.90 Å². The predicted octanol–water partition coefficient (Wildman–Crippen LogP) is 3.61. The van der Waals surface area contributed by atoms with Gasteiger partial charge in [0.2, 0.25) is 15.9 Å². The number of nitrogens with zero attached hydrogens (tertiary/aromatic N) is 3. The van der Waals surface area contributed by atoms with Crippen LogP contribution in [0.25, 0.3) is 11.5 Å². The van der Waals surface area contributed by atoms with Gasteiger partial charge in [-0.05, 0) is 31.0 Å². The number of rotatable bonds is 6. The molecular formula is C23H27N3O3S. The fourth-order valence-electron chi connectivity index (χ4n) is 3.83. The normalized spacial score (nSPS) is 16.1. The van der Waals surface area contributed by atoms with Crippen LogP contribution in [0, 0.1) is 13.8 Å². The SMILES string of the molecule is Cc1ccc(-c2nc(CN3CCN(S(=O)(=O)Cc4ccccc4)CC3)co2)c(C)c1. The summed E-state index contributed by atoms with van der Waals surface area (Å²) in [6.45, 7) is 7.13. The van der Waals surface area contributed by atoms with Gasteiger partial charge in [0.05, 0.1) is 11.4 Å². The molecule has 0 N–H and O–H groups in total. The van der Waals surface area contributed by atoms with E-state index < -0.39 is 10.0 Å². The molecule has 2 aromatic carbocycles. The first-order chi connectivity index (χ1) is 14.4. The Bertz CT molecular complexity index is 1100. The molecule has 1 aliphatic heterocycles. The quantitative estimate of drug-likeness (QED) is 0.604. The number of benzene rings is 2. The topological polar surface area (TPSA) is 66.7 Å². The van der Waals surface area contributed by atoms with E-state index in [0.29, 0.717) is 38.6 Å². The molecule has 0 atom stereocenters. The van der Waals surface area contributed by atoms with Crippen molar-refractivity contribution in [1.82, 2.24) is 14.2 Å². The number of hydrogen-bond donors (Lipinski definition) is 0. The molecule has 1 aromatic heterocycles. The summed E-state index contributed by atoms with van der Waals surface area (Å²) in [7, 11) is -3.30. The smallest absolute Gasteiger partial charge is 0.226 e. The average molecular weight is 426 g/mol. The summed E-state index contributed by atoms with van der Waals surface area (Å²) in [5.41, 5.74) is 5.04. The van der Waals surface area contributed by atoms with Crippen LogP contribution in [0.5, 0.6) is 0 Å². The number of piperazine rings is 1. The molecule has 0 radical (unpaired) electrons. The van der Waals surface area contributed by atoms with Gasteiger partial charge in [-0.25, -0.2) is 13.4 Å². The van der Waals surface area contributed by atoms with Gasteiger partial charge in [0.1, 0.15) is 6.26 Å². The summed E-state index contributed by atoms with van der Waals surface area (Å²) in [5, 5.41) is 0. The Labute approximate surface area is 178 Å². The van der Waals surface area contributed by atoms with E-state index >= 15 is 0 Å². The van der Waals surface area contributed by atoms with Gasteiger partial charge in [0.15, 0.2) is 0 Å². The van der Waals surface area contributed by atoms with Crippen LogP contribution < -0.4 is 0 Å². The van der Waals surface area contributed by atoms with Crippen LogP contribution in [0.1, 0.15) is 22.4 Å². The van der Waals surface area contributed by atoms with Gasteiger partial charge < -0.3 is 4.42 Å². The number of aryl methyl sites for hydroxylation is 2.